The minimum Gasteiger partial charge on any atom is -0.456 e. The summed E-state index contributed by atoms with van der Waals surface area (Å²) < 4.78 is 26.2. The van der Waals surface area contributed by atoms with Crippen molar-refractivity contribution in [2.75, 3.05) is 6.61 Å². The molecule has 1 heterocycles. The lowest BCUT2D eigenvalue weighted by molar-refractivity contribution is -0.162. The lowest BCUT2D eigenvalue weighted by atomic mass is 10.0. The average molecular weight is 380 g/mol. The van der Waals surface area contributed by atoms with Gasteiger partial charge in [0.05, 0.1) is 6.61 Å². The molecule has 27 heavy (non-hydrogen) atoms. The highest BCUT2D eigenvalue weighted by atomic mass is 16.6. The molecule has 1 aliphatic heterocycles. The molecule has 0 saturated carbocycles. The molecule has 0 aromatic heterocycles. The van der Waals surface area contributed by atoms with Crippen LogP contribution < -0.4 is 9.47 Å². The number of ether oxygens (including phenoxy) is 5. The van der Waals surface area contributed by atoms with Crippen LogP contribution in [0.5, 0.6) is 11.5 Å². The predicted molar refractivity (Wildman–Crippen MR) is 88.9 cm³/mol. The van der Waals surface area contributed by atoms with Gasteiger partial charge in [-0.05, 0) is 17.7 Å². The van der Waals surface area contributed by atoms with Crippen molar-refractivity contribution >= 4 is 23.9 Å². The van der Waals surface area contributed by atoms with Gasteiger partial charge in [-0.15, -0.1) is 0 Å². The largest absolute Gasteiger partial charge is 0.456 e. The van der Waals surface area contributed by atoms with Crippen LogP contribution in [0.2, 0.25) is 0 Å². The van der Waals surface area contributed by atoms with E-state index in [1.165, 1.54) is 39.8 Å². The fourth-order valence-corrected chi connectivity index (χ4v) is 2.69. The summed E-state index contributed by atoms with van der Waals surface area (Å²) in [4.78, 5) is 45.3. The Morgan fingerprint density at radius 1 is 0.852 bits per heavy atom. The van der Waals surface area contributed by atoms with E-state index >= 15 is 0 Å². The first-order chi connectivity index (χ1) is 12.7. The zero-order valence-electron chi connectivity index (χ0n) is 15.3. The second-order valence-electron chi connectivity index (χ2n) is 5.87. The average Bonchev–Trinajstić information content (AvgIpc) is 2.89. The zero-order chi connectivity index (χ0) is 20.1. The van der Waals surface area contributed by atoms with Crippen molar-refractivity contribution in [1.29, 1.82) is 0 Å². The third kappa shape index (κ3) is 5.52. The molecular weight excluding hydrogens is 360 g/mol. The van der Waals surface area contributed by atoms with Crippen LogP contribution in [0.4, 0.5) is 0 Å². The Kier molecular flexibility index (Phi) is 6.51. The van der Waals surface area contributed by atoms with Crippen molar-refractivity contribution < 1.29 is 42.9 Å². The Morgan fingerprint density at radius 2 is 1.44 bits per heavy atom. The molecule has 3 unspecified atom stereocenters. The third-order valence-electron chi connectivity index (χ3n) is 3.53. The summed E-state index contributed by atoms with van der Waals surface area (Å²) in [6.07, 6.45) is -2.42. The van der Waals surface area contributed by atoms with Gasteiger partial charge in [-0.2, -0.15) is 0 Å². The molecule has 0 radical (unpaired) electrons. The van der Waals surface area contributed by atoms with Gasteiger partial charge in [-0.25, -0.2) is 0 Å². The quantitative estimate of drug-likeness (QED) is 0.553. The maximum Gasteiger partial charge on any atom is 0.308 e. The van der Waals surface area contributed by atoms with E-state index in [9.17, 15) is 19.2 Å². The Morgan fingerprint density at radius 3 is 2.00 bits per heavy atom. The van der Waals surface area contributed by atoms with Crippen molar-refractivity contribution in [2.45, 2.75) is 46.0 Å². The zero-order valence-corrected chi connectivity index (χ0v) is 15.3. The highest BCUT2D eigenvalue weighted by molar-refractivity contribution is 5.74. The fourth-order valence-electron chi connectivity index (χ4n) is 2.69. The normalized spacial score (nSPS) is 21.3. The van der Waals surface area contributed by atoms with Crippen LogP contribution in [0.3, 0.4) is 0 Å². The Bertz CT molecular complexity index is 755. The number of hydrogen-bond acceptors (Lipinski definition) is 9. The second-order valence-corrected chi connectivity index (χ2v) is 5.87. The molecule has 1 fully saturated rings. The maximum atomic E-state index is 11.5. The summed E-state index contributed by atoms with van der Waals surface area (Å²) in [5.74, 6) is -2.23. The molecule has 1 aromatic carbocycles. The molecule has 0 amide bonds. The van der Waals surface area contributed by atoms with Gasteiger partial charge in [-0.3, -0.25) is 19.2 Å². The van der Waals surface area contributed by atoms with Gasteiger partial charge in [0, 0.05) is 27.7 Å². The van der Waals surface area contributed by atoms with E-state index in [4.69, 9.17) is 23.7 Å². The van der Waals surface area contributed by atoms with Gasteiger partial charge in [0.2, 0.25) is 0 Å². The van der Waals surface area contributed by atoms with Crippen LogP contribution >= 0.6 is 0 Å². The van der Waals surface area contributed by atoms with Gasteiger partial charge < -0.3 is 23.7 Å². The first kappa shape index (κ1) is 20.4. The highest BCUT2D eigenvalue weighted by Crippen LogP contribution is 2.38. The Labute approximate surface area is 155 Å². The first-order valence-corrected chi connectivity index (χ1v) is 8.14. The minimum absolute atomic E-state index is 0.0105. The molecule has 0 bridgehead atoms. The van der Waals surface area contributed by atoms with Crippen molar-refractivity contribution in [1.82, 2.24) is 0 Å². The summed E-state index contributed by atoms with van der Waals surface area (Å²) in [6.45, 7) is 4.91. The fraction of sp³-hybridized carbons (Fsp3) is 0.444. The van der Waals surface area contributed by atoms with Gasteiger partial charge in [-0.1, -0.05) is 6.07 Å². The lowest BCUT2D eigenvalue weighted by Crippen LogP contribution is -2.34. The van der Waals surface area contributed by atoms with Gasteiger partial charge in [0.1, 0.15) is 6.10 Å². The standard InChI is InChI=1S/C18H20O9/c1-9(19)24-14-6-5-13(7-15(14)25-10(2)20)17-18(27-12(4)22)16(8-23-17)26-11(3)21/h5-7,16-18H,8H2,1-4H3. The van der Waals surface area contributed by atoms with Gasteiger partial charge in [0.15, 0.2) is 23.7 Å². The molecule has 3 atom stereocenters. The van der Waals surface area contributed by atoms with E-state index in [2.05, 4.69) is 0 Å². The van der Waals surface area contributed by atoms with E-state index in [1.54, 1.807) is 6.07 Å². The Hall–Kier alpha value is -2.94. The van der Waals surface area contributed by atoms with Gasteiger partial charge in [0.25, 0.3) is 0 Å². The van der Waals surface area contributed by atoms with E-state index in [0.717, 1.165) is 0 Å². The molecular formula is C18H20O9. The van der Waals surface area contributed by atoms with Crippen LogP contribution in [-0.4, -0.2) is 42.7 Å². The minimum atomic E-state index is -0.879. The summed E-state index contributed by atoms with van der Waals surface area (Å²) in [6, 6.07) is 4.45. The molecule has 146 valence electrons. The number of carbonyl (C=O) groups is 4. The van der Waals surface area contributed by atoms with Crippen LogP contribution in [0.25, 0.3) is 0 Å². The van der Waals surface area contributed by atoms with E-state index < -0.39 is 42.2 Å². The third-order valence-corrected chi connectivity index (χ3v) is 3.53. The number of rotatable bonds is 5. The SMILES string of the molecule is CC(=O)Oc1ccc(C2OCC(OC(C)=O)C2OC(C)=O)cc1OC(C)=O. The van der Waals surface area contributed by atoms with Crippen LogP contribution in [0.15, 0.2) is 18.2 Å². The molecule has 1 saturated heterocycles. The molecule has 1 aromatic rings. The number of hydrogen-bond donors (Lipinski definition) is 0. The van der Waals surface area contributed by atoms with Crippen molar-refractivity contribution in [2.24, 2.45) is 0 Å². The summed E-state index contributed by atoms with van der Waals surface area (Å²) in [5.41, 5.74) is 0.489. The molecule has 0 spiro atoms. The molecule has 0 aliphatic carbocycles. The number of carbonyl (C=O) groups excluding carboxylic acids is 4. The van der Waals surface area contributed by atoms with Crippen LogP contribution in [0.1, 0.15) is 39.4 Å². The summed E-state index contributed by atoms with van der Waals surface area (Å²) >= 11 is 0. The topological polar surface area (TPSA) is 114 Å². The van der Waals surface area contributed by atoms with Gasteiger partial charge >= 0.3 is 23.9 Å². The summed E-state index contributed by atoms with van der Waals surface area (Å²) in [5, 5.41) is 0. The monoisotopic (exact) mass is 380 g/mol. The molecule has 9 nitrogen and oxygen atoms in total. The van der Waals surface area contributed by atoms with Crippen molar-refractivity contribution in [3.63, 3.8) is 0 Å². The Balaban J connectivity index is 2.36. The lowest BCUT2D eigenvalue weighted by Gasteiger charge is -2.23. The van der Waals surface area contributed by atoms with Crippen LogP contribution in [-0.2, 0) is 33.4 Å². The molecule has 2 rings (SSSR count). The highest BCUT2D eigenvalue weighted by Gasteiger charge is 2.43. The van der Waals surface area contributed by atoms with E-state index in [0.29, 0.717) is 5.56 Å². The van der Waals surface area contributed by atoms with E-state index in [-0.39, 0.29) is 18.1 Å². The number of esters is 4. The number of benzene rings is 1. The van der Waals surface area contributed by atoms with Crippen molar-refractivity contribution in [3.05, 3.63) is 23.8 Å². The second kappa shape index (κ2) is 8.63. The summed E-state index contributed by atoms with van der Waals surface area (Å²) in [7, 11) is 0. The van der Waals surface area contributed by atoms with Crippen molar-refractivity contribution in [3.8, 4) is 11.5 Å². The predicted octanol–water partition coefficient (Wildman–Crippen LogP) is 1.47. The molecule has 0 N–H and O–H groups in total. The van der Waals surface area contributed by atoms with E-state index in [1.807, 2.05) is 0 Å². The maximum absolute atomic E-state index is 11.5. The molecule has 1 aliphatic rings. The first-order valence-electron chi connectivity index (χ1n) is 8.14. The smallest absolute Gasteiger partial charge is 0.308 e. The van der Waals surface area contributed by atoms with Crippen LogP contribution in [0, 0.1) is 0 Å². The molecule has 9 heteroatoms.